The van der Waals surface area contributed by atoms with E-state index in [1.165, 1.54) is 54.1 Å². The second kappa shape index (κ2) is 13.6. The summed E-state index contributed by atoms with van der Waals surface area (Å²) < 4.78 is 4.54. The second-order valence-electron chi connectivity index (χ2n) is 16.0. The zero-order valence-electron chi connectivity index (χ0n) is 33.4. The van der Waals surface area contributed by atoms with Crippen molar-refractivity contribution < 1.29 is 0 Å². The monoisotopic (exact) mass is 789 g/mol. The molecule has 5 heteroatoms. The first-order valence-electron chi connectivity index (χ1n) is 21.0. The maximum absolute atomic E-state index is 5.30. The smallest absolute Gasteiger partial charge is 0.238 e. The molecular formula is C57H35N5. The molecule has 0 radical (unpaired) electrons. The van der Waals surface area contributed by atoms with E-state index >= 15 is 0 Å². The van der Waals surface area contributed by atoms with Gasteiger partial charge in [-0.05, 0) is 85.9 Å². The number of aromatic nitrogens is 5. The lowest BCUT2D eigenvalue weighted by Crippen LogP contribution is -2.06. The summed E-state index contributed by atoms with van der Waals surface area (Å²) in [6.07, 6.45) is 0. The zero-order valence-corrected chi connectivity index (χ0v) is 33.4. The third-order valence-electron chi connectivity index (χ3n) is 12.6. The molecule has 13 aromatic rings. The van der Waals surface area contributed by atoms with Gasteiger partial charge in [-0.25, -0.2) is 4.98 Å². The molecule has 5 nitrogen and oxygen atoms in total. The normalized spacial score (nSPS) is 11.9. The maximum Gasteiger partial charge on any atom is 0.238 e. The van der Waals surface area contributed by atoms with Gasteiger partial charge in [-0.2, -0.15) is 9.97 Å². The highest BCUT2D eigenvalue weighted by molar-refractivity contribution is 6.25. The second-order valence-corrected chi connectivity index (χ2v) is 16.0. The highest BCUT2D eigenvalue weighted by atomic mass is 15.2. The van der Waals surface area contributed by atoms with Crippen LogP contribution in [-0.2, 0) is 0 Å². The topological polar surface area (TPSA) is 48.5 Å². The van der Waals surface area contributed by atoms with Crippen molar-refractivity contribution in [2.45, 2.75) is 0 Å². The molecule has 288 valence electrons. The first-order valence-corrected chi connectivity index (χ1v) is 21.0. The number of nitrogens with zero attached hydrogens (tertiary/aromatic N) is 5. The quantitative estimate of drug-likeness (QED) is 0.163. The molecule has 0 N–H and O–H groups in total. The largest absolute Gasteiger partial charge is 0.309 e. The molecule has 0 saturated heterocycles. The summed E-state index contributed by atoms with van der Waals surface area (Å²) in [4.78, 5) is 15.8. The van der Waals surface area contributed by atoms with Gasteiger partial charge in [0, 0.05) is 38.4 Å². The SMILES string of the molecule is c1cc(-c2ccc(-c3nc(-c4ccc5c6ccccc6c6ccccc6c5c4)nc(-n4c5ccccc5c5ccccc54)n3)cc2)cc(-n2c3ccccc3c3ccccc32)c1. The lowest BCUT2D eigenvalue weighted by molar-refractivity contribution is 0.954. The minimum absolute atomic E-state index is 0.578. The Morgan fingerprint density at radius 1 is 0.242 bits per heavy atom. The van der Waals surface area contributed by atoms with E-state index in [9.17, 15) is 0 Å². The fourth-order valence-electron chi connectivity index (χ4n) is 9.74. The van der Waals surface area contributed by atoms with Crippen LogP contribution in [0, 0.1) is 0 Å². The summed E-state index contributed by atoms with van der Waals surface area (Å²) in [7, 11) is 0. The predicted octanol–water partition coefficient (Wildman–Crippen LogP) is 14.5. The molecule has 0 aliphatic rings. The Labute approximate surface area is 356 Å². The average Bonchev–Trinajstić information content (AvgIpc) is 3.87. The van der Waals surface area contributed by atoms with Gasteiger partial charge >= 0.3 is 0 Å². The summed E-state index contributed by atoms with van der Waals surface area (Å²) >= 11 is 0. The third-order valence-corrected chi connectivity index (χ3v) is 12.6. The summed E-state index contributed by atoms with van der Waals surface area (Å²) in [5.74, 6) is 1.81. The Morgan fingerprint density at radius 2 is 0.645 bits per heavy atom. The lowest BCUT2D eigenvalue weighted by atomic mass is 9.93. The van der Waals surface area contributed by atoms with Crippen LogP contribution in [0.5, 0.6) is 0 Å². The molecule has 0 spiro atoms. The zero-order chi connectivity index (χ0) is 40.7. The fraction of sp³-hybridized carbons (Fsp3) is 0. The van der Waals surface area contributed by atoms with Crippen LogP contribution in [0.15, 0.2) is 212 Å². The van der Waals surface area contributed by atoms with Crippen molar-refractivity contribution in [3.8, 4) is 45.5 Å². The fourth-order valence-corrected chi connectivity index (χ4v) is 9.74. The van der Waals surface area contributed by atoms with Gasteiger partial charge in [-0.15, -0.1) is 0 Å². The molecule has 0 unspecified atom stereocenters. The minimum Gasteiger partial charge on any atom is -0.309 e. The molecule has 13 rings (SSSR count). The first-order chi connectivity index (χ1) is 30.7. The highest BCUT2D eigenvalue weighted by Crippen LogP contribution is 2.39. The van der Waals surface area contributed by atoms with E-state index in [-0.39, 0.29) is 0 Å². The van der Waals surface area contributed by atoms with Gasteiger partial charge in [-0.3, -0.25) is 4.57 Å². The molecule has 62 heavy (non-hydrogen) atoms. The van der Waals surface area contributed by atoms with Crippen molar-refractivity contribution in [1.29, 1.82) is 0 Å². The summed E-state index contributed by atoms with van der Waals surface area (Å²) in [5.41, 5.74) is 9.70. The van der Waals surface area contributed by atoms with Gasteiger partial charge in [0.05, 0.1) is 22.1 Å². The Kier molecular flexibility index (Phi) is 7.54. The van der Waals surface area contributed by atoms with Gasteiger partial charge in [0.2, 0.25) is 5.95 Å². The molecule has 0 fully saturated rings. The average molecular weight is 790 g/mol. The molecule has 0 bridgehead atoms. The molecule has 0 saturated carbocycles. The molecule has 10 aromatic carbocycles. The standard InChI is InChI=1S/C57H35N5/c1-2-18-43-41(16-1)42-17-3-4-19-44(42)50-35-39(32-33-45(43)50)56-58-55(59-57(60-56)62-53-26-11-7-22-48(53)49-23-8-12-27-54(49)62)37-30-28-36(29-31-37)38-14-13-15-40(34-38)61-51-24-9-5-20-46(51)47-21-6-10-25-52(47)61/h1-35H. The predicted molar refractivity (Wildman–Crippen MR) is 257 cm³/mol. The number of rotatable bonds is 5. The van der Waals surface area contributed by atoms with Crippen LogP contribution in [-0.4, -0.2) is 24.1 Å². The first kappa shape index (κ1) is 34.5. The molecule has 3 aromatic heterocycles. The Hall–Kier alpha value is -8.41. The van der Waals surface area contributed by atoms with Crippen LogP contribution in [0.4, 0.5) is 0 Å². The van der Waals surface area contributed by atoms with Crippen molar-refractivity contribution in [2.24, 2.45) is 0 Å². The highest BCUT2D eigenvalue weighted by Gasteiger charge is 2.19. The van der Waals surface area contributed by atoms with Crippen molar-refractivity contribution in [1.82, 2.24) is 24.1 Å². The van der Waals surface area contributed by atoms with Gasteiger partial charge < -0.3 is 4.57 Å². The molecule has 3 heterocycles. The number of fused-ring (bicyclic) bond motifs is 12. The van der Waals surface area contributed by atoms with Crippen LogP contribution in [0.25, 0.3) is 121 Å². The van der Waals surface area contributed by atoms with E-state index in [1.807, 2.05) is 0 Å². The Morgan fingerprint density at radius 3 is 1.18 bits per heavy atom. The van der Waals surface area contributed by atoms with E-state index in [1.54, 1.807) is 0 Å². The summed E-state index contributed by atoms with van der Waals surface area (Å²) in [6, 6.07) is 75.7. The molecule has 0 atom stereocenters. The van der Waals surface area contributed by atoms with Crippen molar-refractivity contribution in [3.63, 3.8) is 0 Å². The summed E-state index contributed by atoms with van der Waals surface area (Å²) in [5, 5.41) is 12.1. The molecular weight excluding hydrogens is 755 g/mol. The third kappa shape index (κ3) is 5.25. The van der Waals surface area contributed by atoms with E-state index in [0.29, 0.717) is 17.6 Å². The molecule has 0 amide bonds. The maximum atomic E-state index is 5.30. The van der Waals surface area contributed by atoms with Crippen LogP contribution in [0.3, 0.4) is 0 Å². The van der Waals surface area contributed by atoms with Gasteiger partial charge in [0.25, 0.3) is 0 Å². The van der Waals surface area contributed by atoms with Crippen molar-refractivity contribution in [2.75, 3.05) is 0 Å². The van der Waals surface area contributed by atoms with E-state index in [0.717, 1.165) is 49.7 Å². The van der Waals surface area contributed by atoms with E-state index in [4.69, 9.17) is 15.0 Å². The van der Waals surface area contributed by atoms with Gasteiger partial charge in [0.15, 0.2) is 11.6 Å². The van der Waals surface area contributed by atoms with Crippen LogP contribution in [0.1, 0.15) is 0 Å². The van der Waals surface area contributed by atoms with Gasteiger partial charge in [0.1, 0.15) is 0 Å². The van der Waals surface area contributed by atoms with Crippen LogP contribution in [0.2, 0.25) is 0 Å². The molecule has 0 aliphatic heterocycles. The number of hydrogen-bond acceptors (Lipinski definition) is 3. The number of hydrogen-bond donors (Lipinski definition) is 0. The van der Waals surface area contributed by atoms with Crippen LogP contribution >= 0.6 is 0 Å². The molecule has 0 aliphatic carbocycles. The van der Waals surface area contributed by atoms with E-state index in [2.05, 4.69) is 221 Å². The van der Waals surface area contributed by atoms with Crippen molar-refractivity contribution >= 4 is 75.9 Å². The van der Waals surface area contributed by atoms with E-state index < -0.39 is 0 Å². The van der Waals surface area contributed by atoms with Crippen LogP contribution < -0.4 is 0 Å². The number of benzene rings is 10. The Balaban J connectivity index is 0.977. The number of para-hydroxylation sites is 4. The minimum atomic E-state index is 0.578. The van der Waals surface area contributed by atoms with Gasteiger partial charge in [-0.1, -0.05) is 170 Å². The lowest BCUT2D eigenvalue weighted by Gasteiger charge is -2.13. The van der Waals surface area contributed by atoms with Crippen molar-refractivity contribution in [3.05, 3.63) is 212 Å². The Bertz CT molecular complexity index is 3790. The summed E-state index contributed by atoms with van der Waals surface area (Å²) in [6.45, 7) is 0.